The van der Waals surface area contributed by atoms with Crippen LogP contribution in [-0.2, 0) is 9.47 Å². The van der Waals surface area contributed by atoms with Gasteiger partial charge in [-0.25, -0.2) is 0 Å². The van der Waals surface area contributed by atoms with Gasteiger partial charge in [-0.1, -0.05) is 20.8 Å². The van der Waals surface area contributed by atoms with Crippen LogP contribution in [0.3, 0.4) is 0 Å². The molecule has 0 aromatic rings. The van der Waals surface area contributed by atoms with Crippen molar-refractivity contribution in [1.29, 1.82) is 0 Å². The molecular weight excluding hydrogens is 254 g/mol. The van der Waals surface area contributed by atoms with E-state index in [1.54, 1.807) is 0 Å². The number of aliphatic hydroxyl groups is 1. The summed E-state index contributed by atoms with van der Waals surface area (Å²) in [5, 5.41) is 10.1. The van der Waals surface area contributed by atoms with E-state index in [4.69, 9.17) is 9.47 Å². The van der Waals surface area contributed by atoms with E-state index in [9.17, 15) is 5.11 Å². The van der Waals surface area contributed by atoms with E-state index < -0.39 is 0 Å². The zero-order valence-corrected chi connectivity index (χ0v) is 13.3. The molecule has 4 nitrogen and oxygen atoms in total. The Morgan fingerprint density at radius 1 is 1.30 bits per heavy atom. The van der Waals surface area contributed by atoms with Gasteiger partial charge < -0.3 is 14.6 Å². The Morgan fingerprint density at radius 3 is 2.65 bits per heavy atom. The lowest BCUT2D eigenvalue weighted by atomic mass is 9.71. The molecule has 2 rings (SSSR count). The fourth-order valence-electron chi connectivity index (χ4n) is 3.77. The quantitative estimate of drug-likeness (QED) is 0.838. The first-order chi connectivity index (χ1) is 9.44. The fourth-order valence-corrected chi connectivity index (χ4v) is 3.77. The smallest absolute Gasteiger partial charge is 0.0900 e. The van der Waals surface area contributed by atoms with Crippen LogP contribution in [0.1, 0.15) is 40.0 Å². The summed E-state index contributed by atoms with van der Waals surface area (Å²) in [6, 6.07) is 0. The molecule has 1 aliphatic heterocycles. The van der Waals surface area contributed by atoms with E-state index in [2.05, 4.69) is 25.7 Å². The Labute approximate surface area is 123 Å². The SMILES string of the molecule is C[C@@H]1C[C@H](OC[C@@H](O)CN2CCOCC2)CC(C)(C)C1. The van der Waals surface area contributed by atoms with Crippen LogP contribution < -0.4 is 0 Å². The normalized spacial score (nSPS) is 33.0. The number of aliphatic hydroxyl groups excluding tert-OH is 1. The molecule has 0 amide bonds. The Bertz CT molecular complexity index is 289. The molecule has 0 unspecified atom stereocenters. The van der Waals surface area contributed by atoms with Crippen LogP contribution in [-0.4, -0.2) is 61.7 Å². The molecule has 1 saturated carbocycles. The maximum Gasteiger partial charge on any atom is 0.0900 e. The van der Waals surface area contributed by atoms with Gasteiger partial charge in [-0.2, -0.15) is 0 Å². The standard InChI is InChI=1S/C16H31NO3/c1-13-8-15(10-16(2,3)9-13)20-12-14(18)11-17-4-6-19-7-5-17/h13-15,18H,4-12H2,1-3H3/t13-,14+,15+/m1/s1. The monoisotopic (exact) mass is 285 g/mol. The second-order valence-corrected chi connectivity index (χ2v) is 7.44. The van der Waals surface area contributed by atoms with Crippen LogP contribution in [0.4, 0.5) is 0 Å². The summed E-state index contributed by atoms with van der Waals surface area (Å²) in [6.45, 7) is 11.5. The minimum Gasteiger partial charge on any atom is -0.389 e. The third-order valence-corrected chi connectivity index (χ3v) is 4.44. The maximum absolute atomic E-state index is 10.1. The number of β-amino-alcohol motifs (C(OH)–C–C–N with tert-alkyl or cyclic N) is 1. The summed E-state index contributed by atoms with van der Waals surface area (Å²) in [5.74, 6) is 0.722. The largest absolute Gasteiger partial charge is 0.389 e. The lowest BCUT2D eigenvalue weighted by molar-refractivity contribution is -0.0670. The summed E-state index contributed by atoms with van der Waals surface area (Å²) in [4.78, 5) is 2.25. The molecule has 118 valence electrons. The van der Waals surface area contributed by atoms with Crippen molar-refractivity contribution in [2.24, 2.45) is 11.3 Å². The van der Waals surface area contributed by atoms with Crippen molar-refractivity contribution in [3.63, 3.8) is 0 Å². The van der Waals surface area contributed by atoms with Crippen molar-refractivity contribution in [2.75, 3.05) is 39.5 Å². The highest BCUT2D eigenvalue weighted by Gasteiger charge is 2.32. The van der Waals surface area contributed by atoms with Crippen molar-refractivity contribution in [3.8, 4) is 0 Å². The molecular formula is C16H31NO3. The number of ether oxygens (including phenoxy) is 2. The molecule has 0 aromatic heterocycles. The molecule has 1 saturated heterocycles. The Morgan fingerprint density at radius 2 is 2.00 bits per heavy atom. The average Bonchev–Trinajstić information content (AvgIpc) is 2.35. The number of nitrogens with zero attached hydrogens (tertiary/aromatic N) is 1. The fraction of sp³-hybridized carbons (Fsp3) is 1.00. The van der Waals surface area contributed by atoms with Gasteiger partial charge in [0.15, 0.2) is 0 Å². The van der Waals surface area contributed by atoms with Crippen LogP contribution >= 0.6 is 0 Å². The molecule has 4 heteroatoms. The van der Waals surface area contributed by atoms with Gasteiger partial charge in [0.25, 0.3) is 0 Å². The first-order valence-electron chi connectivity index (χ1n) is 8.04. The van der Waals surface area contributed by atoms with Crippen LogP contribution in [0.15, 0.2) is 0 Å². The van der Waals surface area contributed by atoms with Crippen molar-refractivity contribution >= 4 is 0 Å². The molecule has 0 aromatic carbocycles. The van der Waals surface area contributed by atoms with Crippen molar-refractivity contribution < 1.29 is 14.6 Å². The maximum atomic E-state index is 10.1. The lowest BCUT2D eigenvalue weighted by Gasteiger charge is -2.39. The van der Waals surface area contributed by atoms with Gasteiger partial charge in [0, 0.05) is 19.6 Å². The molecule has 0 radical (unpaired) electrons. The number of rotatable bonds is 5. The topological polar surface area (TPSA) is 41.9 Å². The van der Waals surface area contributed by atoms with E-state index in [0.29, 0.717) is 24.7 Å². The van der Waals surface area contributed by atoms with Gasteiger partial charge in [-0.15, -0.1) is 0 Å². The van der Waals surface area contributed by atoms with Crippen molar-refractivity contribution in [2.45, 2.75) is 52.2 Å². The number of hydrogen-bond donors (Lipinski definition) is 1. The molecule has 1 aliphatic carbocycles. The summed E-state index contributed by atoms with van der Waals surface area (Å²) in [5.41, 5.74) is 0.373. The summed E-state index contributed by atoms with van der Waals surface area (Å²) >= 11 is 0. The van der Waals surface area contributed by atoms with Gasteiger partial charge in [-0.3, -0.25) is 4.90 Å². The van der Waals surface area contributed by atoms with Crippen LogP contribution in [0.5, 0.6) is 0 Å². The molecule has 1 N–H and O–H groups in total. The van der Waals surface area contributed by atoms with Crippen molar-refractivity contribution in [3.05, 3.63) is 0 Å². The van der Waals surface area contributed by atoms with Crippen LogP contribution in [0, 0.1) is 11.3 Å². The van der Waals surface area contributed by atoms with Gasteiger partial charge in [-0.05, 0) is 30.6 Å². The van der Waals surface area contributed by atoms with Crippen LogP contribution in [0.25, 0.3) is 0 Å². The van der Waals surface area contributed by atoms with E-state index >= 15 is 0 Å². The molecule has 1 heterocycles. The van der Waals surface area contributed by atoms with E-state index in [-0.39, 0.29) is 6.10 Å². The Hall–Kier alpha value is -0.160. The molecule has 0 bridgehead atoms. The average molecular weight is 285 g/mol. The number of morpholine rings is 1. The second kappa shape index (κ2) is 7.21. The van der Waals surface area contributed by atoms with Gasteiger partial charge in [0.1, 0.15) is 0 Å². The highest BCUT2D eigenvalue weighted by Crippen LogP contribution is 2.39. The molecule has 2 fully saturated rings. The Balaban J connectivity index is 1.68. The predicted octanol–water partition coefficient (Wildman–Crippen LogP) is 1.91. The predicted molar refractivity (Wildman–Crippen MR) is 79.8 cm³/mol. The number of hydrogen-bond acceptors (Lipinski definition) is 4. The summed E-state index contributed by atoms with van der Waals surface area (Å²) in [7, 11) is 0. The highest BCUT2D eigenvalue weighted by molar-refractivity contribution is 4.83. The minimum absolute atomic E-state index is 0.313. The zero-order chi connectivity index (χ0) is 14.6. The third kappa shape index (κ3) is 5.32. The molecule has 2 aliphatic rings. The minimum atomic E-state index is -0.381. The first kappa shape index (κ1) is 16.2. The van der Waals surface area contributed by atoms with Crippen LogP contribution in [0.2, 0.25) is 0 Å². The molecule has 0 spiro atoms. The van der Waals surface area contributed by atoms with E-state index in [0.717, 1.165) is 45.1 Å². The third-order valence-electron chi connectivity index (χ3n) is 4.44. The molecule has 20 heavy (non-hydrogen) atoms. The lowest BCUT2D eigenvalue weighted by Crippen LogP contribution is -2.43. The molecule has 3 atom stereocenters. The van der Waals surface area contributed by atoms with Gasteiger partial charge in [0.05, 0.1) is 32.0 Å². The highest BCUT2D eigenvalue weighted by atomic mass is 16.5. The van der Waals surface area contributed by atoms with E-state index in [1.807, 2.05) is 0 Å². The van der Waals surface area contributed by atoms with Gasteiger partial charge >= 0.3 is 0 Å². The van der Waals surface area contributed by atoms with Crippen molar-refractivity contribution in [1.82, 2.24) is 4.90 Å². The summed E-state index contributed by atoms with van der Waals surface area (Å²) in [6.07, 6.45) is 3.46. The van der Waals surface area contributed by atoms with E-state index in [1.165, 1.54) is 6.42 Å². The van der Waals surface area contributed by atoms with Gasteiger partial charge in [0.2, 0.25) is 0 Å². The first-order valence-corrected chi connectivity index (χ1v) is 8.04. The Kier molecular flexibility index (Phi) is 5.84. The summed E-state index contributed by atoms with van der Waals surface area (Å²) < 4.78 is 11.3. The second-order valence-electron chi connectivity index (χ2n) is 7.44. The zero-order valence-electron chi connectivity index (χ0n) is 13.3.